The van der Waals surface area contributed by atoms with Gasteiger partial charge in [0.15, 0.2) is 11.5 Å². The number of nitrogens with zero attached hydrogens (tertiary/aromatic N) is 3. The third kappa shape index (κ3) is 2.37. The molecule has 1 fully saturated rings. The summed E-state index contributed by atoms with van der Waals surface area (Å²) in [7, 11) is 0. The molecule has 19 heavy (non-hydrogen) atoms. The molecule has 2 aromatic heterocycles. The molecule has 0 unspecified atom stereocenters. The molecule has 0 aromatic carbocycles. The van der Waals surface area contributed by atoms with Crippen LogP contribution in [-0.4, -0.2) is 38.2 Å². The van der Waals surface area contributed by atoms with Crippen LogP contribution in [0.5, 0.6) is 0 Å². The van der Waals surface area contributed by atoms with E-state index in [-0.39, 0.29) is 17.3 Å². The molecule has 0 bridgehead atoms. The van der Waals surface area contributed by atoms with Gasteiger partial charge in [-0.15, -0.1) is 0 Å². The third-order valence-corrected chi connectivity index (χ3v) is 4.06. The van der Waals surface area contributed by atoms with Crippen molar-refractivity contribution in [3.05, 3.63) is 11.6 Å². The number of halogens is 1. The number of imidazole rings is 1. The summed E-state index contributed by atoms with van der Waals surface area (Å²) in [4.78, 5) is 15.3. The highest BCUT2D eigenvalue weighted by atomic mass is 35.5. The Balaban J connectivity index is 1.83. The summed E-state index contributed by atoms with van der Waals surface area (Å²) in [5.74, 6) is 0.646. The van der Waals surface area contributed by atoms with E-state index in [1.54, 1.807) is 6.33 Å². The molecule has 1 saturated carbocycles. The number of H-pyrrole nitrogens is 1. The van der Waals surface area contributed by atoms with Gasteiger partial charge < -0.3 is 15.4 Å². The molecular weight excluding hydrogens is 266 g/mol. The van der Waals surface area contributed by atoms with Gasteiger partial charge in [-0.25, -0.2) is 4.98 Å². The molecule has 0 amide bonds. The maximum absolute atomic E-state index is 9.60. The van der Waals surface area contributed by atoms with E-state index in [1.807, 2.05) is 0 Å². The Morgan fingerprint density at radius 2 is 2.16 bits per heavy atom. The first-order valence-electron chi connectivity index (χ1n) is 6.44. The lowest BCUT2D eigenvalue weighted by Crippen LogP contribution is -2.30. The fraction of sp³-hybridized carbons (Fsp3) is 0.583. The number of hydrogen-bond donors (Lipinski definition) is 3. The van der Waals surface area contributed by atoms with E-state index in [4.69, 9.17) is 11.6 Å². The van der Waals surface area contributed by atoms with Crippen LogP contribution in [0.1, 0.15) is 25.7 Å². The summed E-state index contributed by atoms with van der Waals surface area (Å²) in [6.45, 7) is 0.885. The lowest BCUT2D eigenvalue weighted by molar-refractivity contribution is 0.142. The Morgan fingerprint density at radius 1 is 1.37 bits per heavy atom. The quantitative estimate of drug-likeness (QED) is 0.746. The fourth-order valence-electron chi connectivity index (χ4n) is 2.72. The number of aliphatic hydroxyl groups excluding tert-OH is 1. The highest BCUT2D eigenvalue weighted by molar-refractivity contribution is 6.28. The topological polar surface area (TPSA) is 86.7 Å². The summed E-state index contributed by atoms with van der Waals surface area (Å²) in [5, 5.41) is 13.1. The Hall–Kier alpha value is -1.40. The minimum Gasteiger partial charge on any atom is -0.396 e. The maximum atomic E-state index is 9.60. The van der Waals surface area contributed by atoms with E-state index in [1.165, 1.54) is 12.8 Å². The second-order valence-corrected chi connectivity index (χ2v) is 5.50. The van der Waals surface area contributed by atoms with Crippen molar-refractivity contribution in [2.45, 2.75) is 25.7 Å². The number of aromatic nitrogens is 4. The normalized spacial score (nSPS) is 18.0. The third-order valence-electron chi connectivity index (χ3n) is 3.89. The molecule has 2 aromatic rings. The Morgan fingerprint density at radius 3 is 2.89 bits per heavy atom. The second-order valence-electron chi connectivity index (χ2n) is 5.16. The van der Waals surface area contributed by atoms with Crippen molar-refractivity contribution in [1.82, 2.24) is 19.9 Å². The second kappa shape index (κ2) is 4.94. The van der Waals surface area contributed by atoms with Crippen LogP contribution in [0.15, 0.2) is 6.33 Å². The standard InChI is InChI=1S/C12H16ClN5O/c13-11-17-9(8-10(18-11)16-7-15-8)14-5-12(6-19)3-1-2-4-12/h7,19H,1-6H2,(H2,14,15,16,17,18). The van der Waals surface area contributed by atoms with Crippen LogP contribution < -0.4 is 5.32 Å². The smallest absolute Gasteiger partial charge is 0.226 e. The van der Waals surface area contributed by atoms with E-state index in [2.05, 4.69) is 25.3 Å². The average Bonchev–Trinajstić information content (AvgIpc) is 3.05. The minimum atomic E-state index is -0.0379. The SMILES string of the molecule is OCC1(CNc2nc(Cl)nc3nc[nH]c23)CCCC1. The van der Waals surface area contributed by atoms with E-state index in [0.29, 0.717) is 18.0 Å². The van der Waals surface area contributed by atoms with Gasteiger partial charge >= 0.3 is 0 Å². The lowest BCUT2D eigenvalue weighted by Gasteiger charge is -2.26. The zero-order chi connectivity index (χ0) is 13.3. The van der Waals surface area contributed by atoms with Crippen LogP contribution >= 0.6 is 11.6 Å². The van der Waals surface area contributed by atoms with Gasteiger partial charge in [0.05, 0.1) is 12.9 Å². The van der Waals surface area contributed by atoms with E-state index >= 15 is 0 Å². The van der Waals surface area contributed by atoms with Gasteiger partial charge in [0.2, 0.25) is 5.28 Å². The van der Waals surface area contributed by atoms with Crippen LogP contribution in [0.2, 0.25) is 5.28 Å². The summed E-state index contributed by atoms with van der Waals surface area (Å²) in [6, 6.07) is 0. The fourth-order valence-corrected chi connectivity index (χ4v) is 2.89. The molecule has 0 atom stereocenters. The minimum absolute atomic E-state index is 0.0379. The van der Waals surface area contributed by atoms with E-state index in [9.17, 15) is 5.11 Å². The number of aliphatic hydroxyl groups is 1. The Labute approximate surface area is 115 Å². The van der Waals surface area contributed by atoms with Crippen LogP contribution in [0, 0.1) is 5.41 Å². The lowest BCUT2D eigenvalue weighted by atomic mass is 9.87. The first-order valence-corrected chi connectivity index (χ1v) is 6.82. The van der Waals surface area contributed by atoms with Crippen molar-refractivity contribution in [3.63, 3.8) is 0 Å². The number of fused-ring (bicyclic) bond motifs is 1. The number of rotatable bonds is 4. The molecule has 6 nitrogen and oxygen atoms in total. The largest absolute Gasteiger partial charge is 0.396 e. The number of hydrogen-bond acceptors (Lipinski definition) is 5. The zero-order valence-electron chi connectivity index (χ0n) is 10.5. The van der Waals surface area contributed by atoms with E-state index < -0.39 is 0 Å². The summed E-state index contributed by atoms with van der Waals surface area (Å²) < 4.78 is 0. The van der Waals surface area contributed by atoms with Crippen molar-refractivity contribution in [3.8, 4) is 0 Å². The molecule has 0 spiro atoms. The zero-order valence-corrected chi connectivity index (χ0v) is 11.2. The molecule has 3 N–H and O–H groups in total. The highest BCUT2D eigenvalue weighted by Gasteiger charge is 2.33. The molecular formula is C12H16ClN5O. The van der Waals surface area contributed by atoms with Crippen LogP contribution in [0.25, 0.3) is 11.2 Å². The predicted octanol–water partition coefficient (Wildman–Crippen LogP) is 1.97. The molecule has 7 heteroatoms. The molecule has 102 valence electrons. The van der Waals surface area contributed by atoms with Crippen molar-refractivity contribution in [1.29, 1.82) is 0 Å². The van der Waals surface area contributed by atoms with Gasteiger partial charge in [-0.1, -0.05) is 12.8 Å². The van der Waals surface area contributed by atoms with Crippen LogP contribution in [-0.2, 0) is 0 Å². The molecule has 2 heterocycles. The van der Waals surface area contributed by atoms with Gasteiger partial charge in [0.25, 0.3) is 0 Å². The Bertz CT molecular complexity index is 579. The highest BCUT2D eigenvalue weighted by Crippen LogP contribution is 2.37. The molecule has 1 aliphatic carbocycles. The van der Waals surface area contributed by atoms with Crippen LogP contribution in [0.3, 0.4) is 0 Å². The average molecular weight is 282 g/mol. The monoisotopic (exact) mass is 281 g/mol. The first kappa shape index (κ1) is 12.6. The summed E-state index contributed by atoms with van der Waals surface area (Å²) in [5.41, 5.74) is 1.26. The molecule has 0 radical (unpaired) electrons. The van der Waals surface area contributed by atoms with Gasteiger partial charge in [-0.3, -0.25) is 0 Å². The summed E-state index contributed by atoms with van der Waals surface area (Å²) in [6.07, 6.45) is 6.00. The van der Waals surface area contributed by atoms with Crippen molar-refractivity contribution < 1.29 is 5.11 Å². The number of anilines is 1. The molecule has 0 aliphatic heterocycles. The predicted molar refractivity (Wildman–Crippen MR) is 73.2 cm³/mol. The molecule has 1 aliphatic rings. The van der Waals surface area contributed by atoms with Crippen molar-refractivity contribution in [2.75, 3.05) is 18.5 Å². The summed E-state index contributed by atoms with van der Waals surface area (Å²) >= 11 is 5.88. The maximum Gasteiger partial charge on any atom is 0.226 e. The molecule has 3 rings (SSSR count). The van der Waals surface area contributed by atoms with Crippen molar-refractivity contribution >= 4 is 28.6 Å². The van der Waals surface area contributed by atoms with Gasteiger partial charge in [0.1, 0.15) is 5.52 Å². The van der Waals surface area contributed by atoms with Crippen LogP contribution in [0.4, 0.5) is 5.82 Å². The van der Waals surface area contributed by atoms with Gasteiger partial charge in [0, 0.05) is 12.0 Å². The first-order chi connectivity index (χ1) is 9.22. The van der Waals surface area contributed by atoms with Crippen molar-refractivity contribution in [2.24, 2.45) is 5.41 Å². The number of aromatic amines is 1. The number of nitrogens with one attached hydrogen (secondary N) is 2. The van der Waals surface area contributed by atoms with Gasteiger partial charge in [-0.05, 0) is 24.4 Å². The van der Waals surface area contributed by atoms with E-state index in [0.717, 1.165) is 18.4 Å². The molecule has 0 saturated heterocycles. The Kier molecular flexibility index (Phi) is 3.28. The van der Waals surface area contributed by atoms with Gasteiger partial charge in [-0.2, -0.15) is 9.97 Å².